The van der Waals surface area contributed by atoms with Crippen molar-refractivity contribution in [2.45, 2.75) is 38.5 Å². The van der Waals surface area contributed by atoms with E-state index in [1.54, 1.807) is 0 Å². The molecule has 6 fully saturated rings. The van der Waals surface area contributed by atoms with Crippen LogP contribution in [-0.2, 0) is 4.79 Å². The van der Waals surface area contributed by atoms with Crippen LogP contribution in [0.3, 0.4) is 0 Å². The van der Waals surface area contributed by atoms with Gasteiger partial charge in [0.05, 0.1) is 0 Å². The van der Waals surface area contributed by atoms with Crippen LogP contribution in [0.4, 0.5) is 0 Å². The van der Waals surface area contributed by atoms with Crippen molar-refractivity contribution in [2.75, 3.05) is 0 Å². The Balaban J connectivity index is 2.01. The summed E-state index contributed by atoms with van der Waals surface area (Å²) in [5.74, 6) is -0.851. The zero-order valence-corrected chi connectivity index (χ0v) is 16.2. The van der Waals surface area contributed by atoms with Crippen LogP contribution in [0.25, 0.3) is 0 Å². The molecule has 11 heteroatoms. The molecule has 0 aromatic heterocycles. The van der Waals surface area contributed by atoms with Gasteiger partial charge in [0.25, 0.3) is 0 Å². The molecule has 4 unspecified atom stereocenters. The summed E-state index contributed by atoms with van der Waals surface area (Å²) in [6.07, 6.45) is 0. The van der Waals surface area contributed by atoms with E-state index < -0.39 is 49.8 Å². The summed E-state index contributed by atoms with van der Waals surface area (Å²) in [6, 6.07) is 0. The Labute approximate surface area is 163 Å². The van der Waals surface area contributed by atoms with E-state index in [1.165, 1.54) is 0 Å². The Bertz CT molecular complexity index is 691. The van der Waals surface area contributed by atoms with Crippen molar-refractivity contribution in [3.8, 4) is 0 Å². The molecule has 0 aliphatic heterocycles. The second-order valence-corrected chi connectivity index (χ2v) is 11.6. The van der Waals surface area contributed by atoms with Crippen LogP contribution >= 0.6 is 104 Å². The molecule has 0 saturated heterocycles. The third-order valence-corrected chi connectivity index (χ3v) is 14.8. The lowest BCUT2D eigenvalue weighted by atomic mass is 9.10. The third-order valence-electron chi connectivity index (χ3n) is 6.58. The van der Waals surface area contributed by atoms with Gasteiger partial charge in [-0.25, -0.2) is 0 Å². The summed E-state index contributed by atoms with van der Waals surface area (Å²) < 4.78 is -1.90. The molecule has 6 aliphatic carbocycles. The van der Waals surface area contributed by atoms with Gasteiger partial charge in [0, 0.05) is 0 Å². The minimum absolute atomic E-state index is 0.851. The van der Waals surface area contributed by atoms with E-state index in [4.69, 9.17) is 110 Å². The molecule has 6 rings (SSSR count). The van der Waals surface area contributed by atoms with E-state index in [2.05, 4.69) is 0 Å². The fraction of sp³-hybridized carbons (Fsp3) is 0.900. The number of hydrogen-bond acceptors (Lipinski definition) is 1. The zero-order chi connectivity index (χ0) is 16.1. The third kappa shape index (κ3) is 0.569. The molecule has 2 nitrogen and oxygen atoms in total. The van der Waals surface area contributed by atoms with Crippen LogP contribution in [0.1, 0.15) is 0 Å². The molecule has 6 saturated carbocycles. The first-order valence-electron chi connectivity index (χ1n) is 5.69. The lowest BCUT2D eigenvalue weighted by Crippen LogP contribution is -3.26. The number of carbonyl (C=O) groups excluding carboxylic acids is 1. The van der Waals surface area contributed by atoms with E-state index >= 15 is 0 Å². The monoisotopic (exact) mass is 467 g/mol. The summed E-state index contributed by atoms with van der Waals surface area (Å²) in [5.41, 5.74) is 3.89. The number of nitrogens with two attached hydrogens (primary N) is 1. The van der Waals surface area contributed by atoms with E-state index in [1.807, 2.05) is 0 Å². The van der Waals surface area contributed by atoms with Crippen LogP contribution < -0.4 is 5.73 Å². The van der Waals surface area contributed by atoms with Gasteiger partial charge in [-0.05, 0) is 0 Å². The minimum atomic E-state index is -1.90. The Kier molecular flexibility index (Phi) is 2.05. The van der Waals surface area contributed by atoms with Crippen molar-refractivity contribution >= 4 is 110 Å². The van der Waals surface area contributed by atoms with Crippen LogP contribution in [0.5, 0.6) is 0 Å². The second kappa shape index (κ2) is 2.81. The van der Waals surface area contributed by atoms with Crippen molar-refractivity contribution in [1.29, 1.82) is 0 Å². The van der Waals surface area contributed by atoms with Gasteiger partial charge < -0.3 is 5.73 Å². The number of amides is 1. The Morgan fingerprint density at radius 1 is 0.571 bits per heavy atom. The molecule has 2 N–H and O–H groups in total. The molecule has 0 spiro atoms. The molecule has 8 atom stereocenters. The highest BCUT2D eigenvalue weighted by Crippen LogP contribution is 3.18. The molecule has 0 aromatic carbocycles. The highest BCUT2D eigenvalue weighted by atomic mass is 35.5. The number of hydrogen-bond donors (Lipinski definition) is 1. The van der Waals surface area contributed by atoms with Gasteiger partial charge >= 0.3 is 0 Å². The number of primary amides is 1. The van der Waals surface area contributed by atoms with E-state index in [9.17, 15) is 4.79 Å². The molecule has 2 bridgehead atoms. The smallest absolute Gasteiger partial charge is 0.229 e. The predicted molar refractivity (Wildman–Crippen MR) is 86.2 cm³/mol. The van der Waals surface area contributed by atoms with Gasteiger partial charge in [-0.15, -0.1) is 81.2 Å². The fourth-order valence-corrected chi connectivity index (χ4v) is 14.4. The van der Waals surface area contributed by atoms with Gasteiger partial charge in [0.15, 0.2) is 4.33 Å². The number of alkyl halides is 9. The minimum Gasteiger partial charge on any atom is -0.369 e. The van der Waals surface area contributed by atoms with Crippen molar-refractivity contribution < 1.29 is 4.79 Å². The average molecular weight is 471 g/mol. The summed E-state index contributed by atoms with van der Waals surface area (Å²) in [4.78, 5) is 0.536. The van der Waals surface area contributed by atoms with E-state index in [-0.39, 0.29) is 0 Å². The highest BCUT2D eigenvalue weighted by molar-refractivity contribution is 6.79. The molecule has 1 amide bonds. The molecule has 0 radical (unpaired) electrons. The molecule has 0 heterocycles. The molecular formula is C10H2Cl9NO. The van der Waals surface area contributed by atoms with E-state index in [0.29, 0.717) is 0 Å². The topological polar surface area (TPSA) is 43.1 Å². The summed E-state index contributed by atoms with van der Waals surface area (Å²) in [6.45, 7) is 0. The van der Waals surface area contributed by atoms with Crippen molar-refractivity contribution in [3.63, 3.8) is 0 Å². The van der Waals surface area contributed by atoms with Crippen molar-refractivity contribution in [2.24, 2.45) is 11.1 Å². The SMILES string of the molecule is NC(=O)C12C3(Cl)[C@]4(Cl)C5(Cl)C(Cl)(Cl)C(Cl)([C@@]14Cl)[C@]2(Cl)[C@]53Cl. The summed E-state index contributed by atoms with van der Waals surface area (Å²) in [5, 5.41) is 0. The van der Waals surface area contributed by atoms with Crippen molar-refractivity contribution in [3.05, 3.63) is 0 Å². The normalized spacial score (nSPS) is 80.0. The lowest BCUT2D eigenvalue weighted by Gasteiger charge is -3.04. The molecule has 0 aromatic rings. The Hall–Kier alpha value is 2.08. The second-order valence-electron chi connectivity index (χ2n) is 6.30. The highest BCUT2D eigenvalue weighted by Gasteiger charge is 3.37. The lowest BCUT2D eigenvalue weighted by molar-refractivity contribution is -0.323. The number of rotatable bonds is 1. The summed E-state index contributed by atoms with van der Waals surface area (Å²) in [7, 11) is 0. The molecule has 21 heavy (non-hydrogen) atoms. The van der Waals surface area contributed by atoms with Gasteiger partial charge in [-0.3, -0.25) is 4.79 Å². The maximum atomic E-state index is 12.2. The predicted octanol–water partition coefficient (Wildman–Crippen LogP) is 3.54. The van der Waals surface area contributed by atoms with Gasteiger partial charge in [-0.2, -0.15) is 0 Å². The quantitative estimate of drug-likeness (QED) is 0.585. The zero-order valence-electron chi connectivity index (χ0n) is 9.39. The van der Waals surface area contributed by atoms with Crippen molar-refractivity contribution in [1.82, 2.24) is 0 Å². The van der Waals surface area contributed by atoms with Crippen LogP contribution in [0.15, 0.2) is 0 Å². The van der Waals surface area contributed by atoms with E-state index in [0.717, 1.165) is 0 Å². The standard InChI is InChI=1S/C10H2Cl9NO/c11-3-2(1(20)21)4(12)6(3,14)9(17)7(3,15)5(2,13)8(4,16)10(9,18)19/h(H2,20,21)/t2?,3?,4-,5-,6-,7+,8?,9?/m1/s1. The number of carbonyl (C=O) groups is 1. The average Bonchev–Trinajstić information content (AvgIpc) is 2.44. The Morgan fingerprint density at radius 2 is 0.857 bits per heavy atom. The first-order valence-corrected chi connectivity index (χ1v) is 9.10. The first-order chi connectivity index (χ1) is 9.19. The van der Waals surface area contributed by atoms with Crippen LogP contribution in [0, 0.1) is 5.41 Å². The fourth-order valence-electron chi connectivity index (χ4n) is 6.24. The maximum Gasteiger partial charge on any atom is 0.229 e. The van der Waals surface area contributed by atoms with Gasteiger partial charge in [-0.1, -0.05) is 23.2 Å². The van der Waals surface area contributed by atoms with Gasteiger partial charge in [0.1, 0.15) is 39.5 Å². The molecule has 116 valence electrons. The van der Waals surface area contributed by atoms with Gasteiger partial charge in [0.2, 0.25) is 5.91 Å². The number of halogens is 9. The van der Waals surface area contributed by atoms with Crippen LogP contribution in [0.2, 0.25) is 0 Å². The maximum absolute atomic E-state index is 12.2. The largest absolute Gasteiger partial charge is 0.369 e. The molecular weight excluding hydrogens is 469 g/mol. The molecule has 6 aliphatic rings. The van der Waals surface area contributed by atoms with Crippen LogP contribution in [-0.4, -0.2) is 44.4 Å². The Morgan fingerprint density at radius 3 is 1.19 bits per heavy atom. The first kappa shape index (κ1) is 15.3. The summed E-state index contributed by atoms with van der Waals surface area (Å²) >= 11 is 59.2.